The standard InChI is InChI=1S/C8H10Cl3NSi/c1-7-2-3-8(6-12-7)4-5-13(9,10)11/h2-3,6H,4-5H2,1H3. The Labute approximate surface area is 93.2 Å². The lowest BCUT2D eigenvalue weighted by atomic mass is 10.2. The normalized spacial score (nSPS) is 11.7. The Hall–Kier alpha value is 0.237. The molecule has 0 radical (unpaired) electrons. The minimum absolute atomic E-state index is 0.655. The molecule has 0 aromatic carbocycles. The van der Waals surface area contributed by atoms with E-state index in [0.29, 0.717) is 6.04 Å². The first-order valence-electron chi connectivity index (χ1n) is 3.96. The molecule has 0 aliphatic heterocycles. The minimum Gasteiger partial charge on any atom is -0.261 e. The van der Waals surface area contributed by atoms with E-state index in [2.05, 4.69) is 4.98 Å². The van der Waals surface area contributed by atoms with Crippen molar-refractivity contribution < 1.29 is 0 Å². The average Bonchev–Trinajstić information content (AvgIpc) is 2.02. The van der Waals surface area contributed by atoms with Crippen LogP contribution in [0.1, 0.15) is 11.3 Å². The third kappa shape index (κ3) is 4.86. The maximum absolute atomic E-state index is 5.76. The van der Waals surface area contributed by atoms with E-state index in [-0.39, 0.29) is 0 Å². The van der Waals surface area contributed by atoms with Crippen LogP contribution in [0, 0.1) is 6.92 Å². The van der Waals surface area contributed by atoms with Gasteiger partial charge >= 0.3 is 6.00 Å². The van der Waals surface area contributed by atoms with Gasteiger partial charge in [-0.15, -0.1) is 33.2 Å². The van der Waals surface area contributed by atoms with Crippen LogP contribution in [0.15, 0.2) is 18.3 Å². The van der Waals surface area contributed by atoms with Gasteiger partial charge < -0.3 is 0 Å². The van der Waals surface area contributed by atoms with E-state index in [0.717, 1.165) is 17.7 Å². The maximum atomic E-state index is 5.76. The molecule has 0 amide bonds. The summed E-state index contributed by atoms with van der Waals surface area (Å²) in [6.45, 7) is 1.95. The highest BCUT2D eigenvalue weighted by Gasteiger charge is 2.24. The van der Waals surface area contributed by atoms with Gasteiger partial charge in [-0.05, 0) is 31.0 Å². The van der Waals surface area contributed by atoms with E-state index in [1.54, 1.807) is 0 Å². The molecule has 0 atom stereocenters. The zero-order valence-electron chi connectivity index (χ0n) is 7.23. The zero-order chi connectivity index (χ0) is 9.90. The highest BCUT2D eigenvalue weighted by Crippen LogP contribution is 2.26. The number of hydrogen-bond acceptors (Lipinski definition) is 1. The maximum Gasteiger partial charge on any atom is 0.341 e. The van der Waals surface area contributed by atoms with Crippen molar-refractivity contribution in [3.8, 4) is 0 Å². The molecule has 0 saturated carbocycles. The molecule has 0 spiro atoms. The minimum atomic E-state index is -2.46. The van der Waals surface area contributed by atoms with Gasteiger partial charge in [0.1, 0.15) is 0 Å². The fourth-order valence-corrected chi connectivity index (χ4v) is 2.35. The van der Waals surface area contributed by atoms with Crippen molar-refractivity contribution in [1.29, 1.82) is 0 Å². The number of aryl methyl sites for hydroxylation is 2. The van der Waals surface area contributed by atoms with E-state index in [4.69, 9.17) is 33.2 Å². The van der Waals surface area contributed by atoms with Crippen molar-refractivity contribution in [3.05, 3.63) is 29.6 Å². The highest BCUT2D eigenvalue weighted by atomic mass is 35.8. The van der Waals surface area contributed by atoms with Crippen molar-refractivity contribution in [3.63, 3.8) is 0 Å². The van der Waals surface area contributed by atoms with Gasteiger partial charge in [-0.3, -0.25) is 4.98 Å². The molecule has 1 aromatic rings. The predicted molar refractivity (Wildman–Crippen MR) is 60.8 cm³/mol. The first-order chi connectivity index (χ1) is 5.97. The predicted octanol–water partition coefficient (Wildman–Crippen LogP) is 3.59. The van der Waals surface area contributed by atoms with Crippen LogP contribution >= 0.6 is 33.2 Å². The third-order valence-corrected chi connectivity index (χ3v) is 4.19. The van der Waals surface area contributed by atoms with E-state index >= 15 is 0 Å². The van der Waals surface area contributed by atoms with Crippen molar-refractivity contribution >= 4 is 39.2 Å². The van der Waals surface area contributed by atoms with Gasteiger partial charge in [0.25, 0.3) is 0 Å². The van der Waals surface area contributed by atoms with Crippen molar-refractivity contribution in [2.45, 2.75) is 19.4 Å². The molecule has 5 heteroatoms. The smallest absolute Gasteiger partial charge is 0.261 e. The van der Waals surface area contributed by atoms with Gasteiger partial charge in [-0.25, -0.2) is 0 Å². The summed E-state index contributed by atoms with van der Waals surface area (Å²) in [5, 5.41) is 0. The summed E-state index contributed by atoms with van der Waals surface area (Å²) in [7, 11) is 0. The highest BCUT2D eigenvalue weighted by molar-refractivity contribution is 7.64. The van der Waals surface area contributed by atoms with Gasteiger partial charge in [0.15, 0.2) is 0 Å². The Morgan fingerprint density at radius 3 is 2.46 bits per heavy atom. The summed E-state index contributed by atoms with van der Waals surface area (Å²) in [5.41, 5.74) is 2.14. The second kappa shape index (κ2) is 4.65. The van der Waals surface area contributed by atoms with E-state index in [1.165, 1.54) is 0 Å². The lowest BCUT2D eigenvalue weighted by Gasteiger charge is -2.06. The summed E-state index contributed by atoms with van der Waals surface area (Å²) < 4.78 is 0. The lowest BCUT2D eigenvalue weighted by Crippen LogP contribution is -2.09. The number of hydrogen-bond donors (Lipinski definition) is 0. The summed E-state index contributed by atoms with van der Waals surface area (Å²) >= 11 is 17.3. The van der Waals surface area contributed by atoms with Crippen LogP contribution in [0.2, 0.25) is 6.04 Å². The molecule has 1 aromatic heterocycles. The molecule has 0 aliphatic rings. The summed E-state index contributed by atoms with van der Waals surface area (Å²) in [6, 6.07) is 2.18. The third-order valence-electron chi connectivity index (χ3n) is 1.67. The molecule has 0 N–H and O–H groups in total. The largest absolute Gasteiger partial charge is 0.341 e. The molecule has 1 heterocycles. The topological polar surface area (TPSA) is 12.9 Å². The van der Waals surface area contributed by atoms with Gasteiger partial charge in [-0.2, -0.15) is 0 Å². The van der Waals surface area contributed by atoms with Gasteiger partial charge in [-0.1, -0.05) is 6.07 Å². The summed E-state index contributed by atoms with van der Waals surface area (Å²) in [6.07, 6.45) is 2.64. The molecule has 0 saturated heterocycles. The van der Waals surface area contributed by atoms with Crippen molar-refractivity contribution in [2.24, 2.45) is 0 Å². The number of halogens is 3. The monoisotopic (exact) mass is 253 g/mol. The first-order valence-corrected chi connectivity index (χ1v) is 9.20. The SMILES string of the molecule is Cc1ccc(CC[Si](Cl)(Cl)Cl)cn1. The Balaban J connectivity index is 2.51. The van der Waals surface area contributed by atoms with Gasteiger partial charge in [0.2, 0.25) is 0 Å². The van der Waals surface area contributed by atoms with Crippen LogP contribution in [0.25, 0.3) is 0 Å². The number of aromatic nitrogens is 1. The fraction of sp³-hybridized carbons (Fsp3) is 0.375. The molecule has 1 nitrogen and oxygen atoms in total. The Kier molecular flexibility index (Phi) is 4.04. The quantitative estimate of drug-likeness (QED) is 0.593. The molecule has 0 unspecified atom stereocenters. The molecule has 0 bridgehead atoms. The van der Waals surface area contributed by atoms with Crippen molar-refractivity contribution in [2.75, 3.05) is 0 Å². The van der Waals surface area contributed by atoms with Crippen LogP contribution in [-0.2, 0) is 6.42 Å². The van der Waals surface area contributed by atoms with Crippen LogP contribution in [0.3, 0.4) is 0 Å². The molecule has 0 aliphatic carbocycles. The second-order valence-electron chi connectivity index (χ2n) is 2.92. The first kappa shape index (κ1) is 11.3. The summed E-state index contributed by atoms with van der Waals surface area (Å²) in [5.74, 6) is 0. The van der Waals surface area contributed by atoms with Crippen molar-refractivity contribution in [1.82, 2.24) is 4.98 Å². The summed E-state index contributed by atoms with van der Waals surface area (Å²) in [4.78, 5) is 4.17. The van der Waals surface area contributed by atoms with Crippen LogP contribution < -0.4 is 0 Å². The van der Waals surface area contributed by atoms with E-state index in [1.807, 2.05) is 25.3 Å². The zero-order valence-corrected chi connectivity index (χ0v) is 10.5. The van der Waals surface area contributed by atoms with Gasteiger partial charge in [0, 0.05) is 11.9 Å². The van der Waals surface area contributed by atoms with Crippen LogP contribution in [-0.4, -0.2) is 11.0 Å². The Bertz CT molecular complexity index is 268. The molecule has 13 heavy (non-hydrogen) atoms. The Morgan fingerprint density at radius 1 is 1.31 bits per heavy atom. The molecular formula is C8H10Cl3NSi. The van der Waals surface area contributed by atoms with Gasteiger partial charge in [0.05, 0.1) is 0 Å². The van der Waals surface area contributed by atoms with Crippen LogP contribution in [0.4, 0.5) is 0 Å². The molecule has 72 valence electrons. The number of rotatable bonds is 3. The fourth-order valence-electron chi connectivity index (χ4n) is 0.932. The molecule has 1 rings (SSSR count). The van der Waals surface area contributed by atoms with E-state index in [9.17, 15) is 0 Å². The number of pyridine rings is 1. The molecule has 0 fully saturated rings. The second-order valence-corrected chi connectivity index (χ2v) is 12.2. The average molecular weight is 255 g/mol. The number of nitrogens with zero attached hydrogens (tertiary/aromatic N) is 1. The van der Waals surface area contributed by atoms with E-state index < -0.39 is 6.00 Å². The lowest BCUT2D eigenvalue weighted by molar-refractivity contribution is 1.07. The van der Waals surface area contributed by atoms with Crippen LogP contribution in [0.5, 0.6) is 0 Å². The Morgan fingerprint density at radius 2 is 2.00 bits per heavy atom. The molecular weight excluding hydrogens is 245 g/mol.